The quantitative estimate of drug-likeness (QED) is 0.0399. The number of fused-ring (bicyclic) bond motifs is 2. The third-order valence-corrected chi connectivity index (χ3v) is 12.3. The Bertz CT molecular complexity index is 3090. The van der Waals surface area contributed by atoms with E-state index in [0.717, 1.165) is 78.3 Å². The van der Waals surface area contributed by atoms with Gasteiger partial charge in [-0.3, -0.25) is 4.98 Å². The molecule has 384 valence electrons. The number of hydrogen-bond acceptors (Lipinski definition) is 10. The molecule has 0 fully saturated rings. The summed E-state index contributed by atoms with van der Waals surface area (Å²) in [6, 6.07) is 41.7. The number of rotatable bonds is 16. The van der Waals surface area contributed by atoms with Gasteiger partial charge in [0, 0.05) is 58.4 Å². The number of halogens is 2. The van der Waals surface area contributed by atoms with Gasteiger partial charge in [-0.05, 0) is 103 Å². The summed E-state index contributed by atoms with van der Waals surface area (Å²) in [6.07, 6.45) is 3.86. The minimum atomic E-state index is -0.322. The van der Waals surface area contributed by atoms with Gasteiger partial charge in [-0.2, -0.15) is 5.26 Å². The highest BCUT2D eigenvalue weighted by Crippen LogP contribution is 2.34. The second kappa shape index (κ2) is 29.4. The van der Waals surface area contributed by atoms with Crippen LogP contribution in [0.1, 0.15) is 98.6 Å². The van der Waals surface area contributed by atoms with Crippen LogP contribution in [0.4, 0.5) is 0 Å². The Morgan fingerprint density at radius 1 is 0.644 bits per heavy atom. The zero-order valence-electron chi connectivity index (χ0n) is 43.4. The van der Waals surface area contributed by atoms with Crippen molar-refractivity contribution >= 4 is 56.3 Å². The lowest BCUT2D eigenvalue weighted by atomic mass is 10.1. The van der Waals surface area contributed by atoms with Gasteiger partial charge in [-0.25, -0.2) is 14.2 Å². The van der Waals surface area contributed by atoms with Gasteiger partial charge in [0.25, 0.3) is 0 Å². The van der Waals surface area contributed by atoms with Crippen LogP contribution in [0.5, 0.6) is 11.5 Å². The molecule has 4 aromatic carbocycles. The number of nitriles is 1. The summed E-state index contributed by atoms with van der Waals surface area (Å²) in [4.78, 5) is 31.5. The number of aromatic nitrogens is 4. The molecule has 13 nitrogen and oxygen atoms in total. The maximum Gasteiger partial charge on any atom is 0.340 e. The Morgan fingerprint density at radius 3 is 1.51 bits per heavy atom. The van der Waals surface area contributed by atoms with Crippen molar-refractivity contribution in [3.05, 3.63) is 190 Å². The van der Waals surface area contributed by atoms with Gasteiger partial charge in [0.15, 0.2) is 6.20 Å². The van der Waals surface area contributed by atoms with Crippen LogP contribution in [0.15, 0.2) is 134 Å². The summed E-state index contributed by atoms with van der Waals surface area (Å²) in [7, 11) is 8.17. The van der Waals surface area contributed by atoms with Crippen LogP contribution >= 0.6 is 22.6 Å². The average Bonchev–Trinajstić information content (AvgIpc) is 3.89. The van der Waals surface area contributed by atoms with E-state index < -0.39 is 0 Å². The van der Waals surface area contributed by atoms with Gasteiger partial charge in [-0.15, -0.1) is 0 Å². The van der Waals surface area contributed by atoms with Crippen molar-refractivity contribution < 1.29 is 66.6 Å². The SMILES string of the molecule is CC#N.CI.COC(=O)c1c(C)n(C(C)c2cc[n+](C)c(COCc3ccc(OC)cc3)c2)c2ccccc12.COC(=O)c1c(C)n(C(C)c2ccnc(COCc3ccc(OC)cc3)c2)c2ccccc12.[I-]. The van der Waals surface area contributed by atoms with Gasteiger partial charge in [-0.1, -0.05) is 83.3 Å². The van der Waals surface area contributed by atoms with E-state index in [9.17, 15) is 9.59 Å². The molecule has 0 radical (unpaired) electrons. The molecule has 73 heavy (non-hydrogen) atoms. The van der Waals surface area contributed by atoms with Crippen LogP contribution < -0.4 is 38.0 Å². The number of carbonyl (C=O) groups excluding carboxylic acids is 2. The number of methoxy groups -OCH3 is 4. The fourth-order valence-electron chi connectivity index (χ4n) is 8.66. The van der Waals surface area contributed by atoms with Gasteiger partial charge in [0.1, 0.15) is 25.2 Å². The molecule has 15 heteroatoms. The lowest BCUT2D eigenvalue weighted by Crippen LogP contribution is -3.00. The summed E-state index contributed by atoms with van der Waals surface area (Å²) in [5.41, 5.74) is 11.3. The molecule has 0 aliphatic carbocycles. The Morgan fingerprint density at radius 2 is 1.07 bits per heavy atom. The molecule has 4 aromatic heterocycles. The number of para-hydroxylation sites is 2. The van der Waals surface area contributed by atoms with Crippen LogP contribution in [0.25, 0.3) is 21.8 Å². The Balaban J connectivity index is 0.000000287. The molecule has 0 aliphatic rings. The van der Waals surface area contributed by atoms with Crippen molar-refractivity contribution in [1.82, 2.24) is 14.1 Å². The summed E-state index contributed by atoms with van der Waals surface area (Å²) in [5, 5.41) is 9.12. The summed E-state index contributed by atoms with van der Waals surface area (Å²) in [6.45, 7) is 11.6. The first-order chi connectivity index (χ1) is 34.9. The molecule has 8 rings (SSSR count). The first-order valence-corrected chi connectivity index (χ1v) is 25.4. The largest absolute Gasteiger partial charge is 1.00 e. The molecule has 2 unspecified atom stereocenters. The fourth-order valence-corrected chi connectivity index (χ4v) is 8.66. The highest BCUT2D eigenvalue weighted by Gasteiger charge is 2.26. The number of alkyl halides is 1. The Hall–Kier alpha value is -6.33. The Kier molecular flexibility index (Phi) is 23.8. The molecule has 2 atom stereocenters. The number of nitrogens with zero attached hydrogens (tertiary/aromatic N) is 5. The number of ether oxygens (including phenoxy) is 6. The molecule has 4 heterocycles. The van der Waals surface area contributed by atoms with E-state index in [4.69, 9.17) is 33.7 Å². The van der Waals surface area contributed by atoms with Crippen LogP contribution in [-0.2, 0) is 52.4 Å². The predicted molar refractivity (Wildman–Crippen MR) is 290 cm³/mol. The summed E-state index contributed by atoms with van der Waals surface area (Å²) >= 11 is 2.15. The minimum Gasteiger partial charge on any atom is -1.00 e. The molecule has 0 spiro atoms. The maximum absolute atomic E-state index is 12.5. The highest BCUT2D eigenvalue weighted by molar-refractivity contribution is 14.1. The third kappa shape index (κ3) is 14.7. The number of benzene rings is 4. The number of pyridine rings is 2. The van der Waals surface area contributed by atoms with Crippen molar-refractivity contribution in [3.63, 3.8) is 0 Å². The van der Waals surface area contributed by atoms with Crippen molar-refractivity contribution in [2.24, 2.45) is 7.05 Å². The maximum atomic E-state index is 12.5. The van der Waals surface area contributed by atoms with E-state index in [1.54, 1.807) is 26.5 Å². The zero-order valence-corrected chi connectivity index (χ0v) is 47.8. The normalized spacial score (nSPS) is 11.2. The van der Waals surface area contributed by atoms with Crippen LogP contribution in [0.3, 0.4) is 0 Å². The van der Waals surface area contributed by atoms with E-state index in [2.05, 4.69) is 79.5 Å². The monoisotopic (exact) mass is 1210 g/mol. The summed E-state index contributed by atoms with van der Waals surface area (Å²) < 4.78 is 38.9. The van der Waals surface area contributed by atoms with E-state index in [0.29, 0.717) is 37.6 Å². The van der Waals surface area contributed by atoms with Gasteiger partial charge in [0.05, 0.1) is 83.2 Å². The van der Waals surface area contributed by atoms with E-state index >= 15 is 0 Å². The molecular formula is C58H65I2N5O8. The lowest BCUT2D eigenvalue weighted by Gasteiger charge is -2.19. The van der Waals surface area contributed by atoms with Crippen molar-refractivity contribution in [1.29, 1.82) is 5.26 Å². The van der Waals surface area contributed by atoms with Crippen molar-refractivity contribution in [3.8, 4) is 17.6 Å². The molecule has 0 saturated heterocycles. The van der Waals surface area contributed by atoms with E-state index in [-0.39, 0.29) is 48.0 Å². The number of hydrogen-bond donors (Lipinski definition) is 0. The lowest BCUT2D eigenvalue weighted by molar-refractivity contribution is -0.681. The third-order valence-electron chi connectivity index (χ3n) is 12.3. The topological polar surface area (TPSA) is 140 Å². The minimum absolute atomic E-state index is 0. The molecular weight excluding hydrogens is 1150 g/mol. The molecule has 0 aliphatic heterocycles. The van der Waals surface area contributed by atoms with Crippen LogP contribution in [0.2, 0.25) is 0 Å². The number of aryl methyl sites for hydroxylation is 1. The number of carbonyl (C=O) groups is 2. The summed E-state index contributed by atoms with van der Waals surface area (Å²) in [5.74, 6) is 1.02. The Labute approximate surface area is 460 Å². The smallest absolute Gasteiger partial charge is 0.340 e. The van der Waals surface area contributed by atoms with Gasteiger partial charge in [0.2, 0.25) is 5.69 Å². The standard InChI is InChI=1S/C28H31N2O4.C27H28N2O4.C2H3N.CH3I.HI/c1-19(30-20(2)27(28(31)33-5)25-8-6-7-9-26(25)30)22-14-15-29(3)23(16-22)18-34-17-21-10-12-24(32-4)13-11-21;1-18(29-19(2)26(27(30)32-4)24-7-5-6-8-25(24)29)21-13-14-28-22(15-21)17-33-16-20-9-11-23(31-3)12-10-20;1-2-3;1-2;/h6-16,19H,17-18H2,1-5H3;5-15,18H,16-17H2,1-4H3;1H3;1H3;1H/q+1;;;;/p-1. The second-order valence-corrected chi connectivity index (χ2v) is 16.6. The number of esters is 2. The van der Waals surface area contributed by atoms with Crippen LogP contribution in [0, 0.1) is 25.2 Å². The zero-order chi connectivity index (χ0) is 52.3. The molecule has 8 aromatic rings. The molecule has 0 amide bonds. The molecule has 0 saturated carbocycles. The molecule has 0 bridgehead atoms. The fraction of sp³-hybridized carbons (Fsp3) is 0.293. The van der Waals surface area contributed by atoms with Crippen molar-refractivity contribution in [2.75, 3.05) is 33.4 Å². The second-order valence-electron chi connectivity index (χ2n) is 16.6. The highest BCUT2D eigenvalue weighted by atomic mass is 127. The van der Waals surface area contributed by atoms with Gasteiger partial charge < -0.3 is 61.5 Å². The predicted octanol–water partition coefficient (Wildman–Crippen LogP) is 8.95. The average molecular weight is 1210 g/mol. The first-order valence-electron chi connectivity index (χ1n) is 23.3. The molecule has 0 N–H and O–H groups in total. The van der Waals surface area contributed by atoms with E-state index in [1.165, 1.54) is 21.1 Å². The van der Waals surface area contributed by atoms with Gasteiger partial charge >= 0.3 is 11.9 Å². The van der Waals surface area contributed by atoms with Crippen molar-refractivity contribution in [2.45, 2.75) is 73.1 Å². The van der Waals surface area contributed by atoms with Crippen LogP contribution in [-0.4, -0.2) is 59.4 Å². The van der Waals surface area contributed by atoms with E-state index in [1.807, 2.05) is 129 Å². The first kappa shape index (κ1) is 59.2.